The second-order valence-electron chi connectivity index (χ2n) is 5.47. The Labute approximate surface area is 154 Å². The van der Waals surface area contributed by atoms with Gasteiger partial charge in [0, 0.05) is 35.5 Å². The predicted molar refractivity (Wildman–Crippen MR) is 98.5 cm³/mol. The lowest BCUT2D eigenvalue weighted by molar-refractivity contribution is 0.102. The SMILES string of the molecule is COCCOc1ccc(NC(=O)c2cc(Cl)cc3cccnc23)cc1F. The van der Waals surface area contributed by atoms with Crippen LogP contribution in [0.15, 0.2) is 48.7 Å². The van der Waals surface area contributed by atoms with Crippen LogP contribution in [0.3, 0.4) is 0 Å². The molecule has 1 aromatic heterocycles. The van der Waals surface area contributed by atoms with Crippen molar-refractivity contribution in [2.75, 3.05) is 25.6 Å². The third-order valence-electron chi connectivity index (χ3n) is 3.65. The number of fused-ring (bicyclic) bond motifs is 1. The van der Waals surface area contributed by atoms with Crippen LogP contribution >= 0.6 is 11.6 Å². The van der Waals surface area contributed by atoms with Crippen LogP contribution < -0.4 is 10.1 Å². The highest BCUT2D eigenvalue weighted by Crippen LogP contribution is 2.25. The molecule has 5 nitrogen and oxygen atoms in total. The Kier molecular flexibility index (Phi) is 5.65. The van der Waals surface area contributed by atoms with Crippen LogP contribution in [-0.4, -0.2) is 31.2 Å². The number of anilines is 1. The Morgan fingerprint density at radius 1 is 1.23 bits per heavy atom. The molecule has 3 rings (SSSR count). The maximum atomic E-state index is 14.1. The van der Waals surface area contributed by atoms with Crippen molar-refractivity contribution in [2.45, 2.75) is 0 Å². The molecule has 1 amide bonds. The van der Waals surface area contributed by atoms with Crippen molar-refractivity contribution < 1.29 is 18.7 Å². The highest BCUT2D eigenvalue weighted by Gasteiger charge is 2.14. The number of benzene rings is 2. The van der Waals surface area contributed by atoms with Gasteiger partial charge in [-0.25, -0.2) is 4.39 Å². The standard InChI is InChI=1S/C19H16ClFN2O3/c1-25-7-8-26-17-5-4-14(11-16(17)21)23-19(24)15-10-13(20)9-12-3-2-6-22-18(12)15/h2-6,9-11H,7-8H2,1H3,(H,23,24). The van der Waals surface area contributed by atoms with Crippen LogP contribution in [0.4, 0.5) is 10.1 Å². The monoisotopic (exact) mass is 374 g/mol. The van der Waals surface area contributed by atoms with Gasteiger partial charge in [0.2, 0.25) is 0 Å². The number of ether oxygens (including phenoxy) is 2. The van der Waals surface area contributed by atoms with Crippen molar-refractivity contribution in [1.82, 2.24) is 4.98 Å². The summed E-state index contributed by atoms with van der Waals surface area (Å²) in [4.78, 5) is 16.8. The first-order chi connectivity index (χ1) is 12.6. The smallest absolute Gasteiger partial charge is 0.257 e. The van der Waals surface area contributed by atoms with E-state index in [9.17, 15) is 9.18 Å². The Morgan fingerprint density at radius 2 is 2.08 bits per heavy atom. The van der Waals surface area contributed by atoms with Crippen molar-refractivity contribution in [3.05, 3.63) is 65.1 Å². The summed E-state index contributed by atoms with van der Waals surface area (Å²) in [5.41, 5.74) is 1.14. The van der Waals surface area contributed by atoms with Gasteiger partial charge in [0.25, 0.3) is 5.91 Å². The number of hydrogen-bond acceptors (Lipinski definition) is 4. The first-order valence-corrected chi connectivity index (χ1v) is 8.23. The van der Waals surface area contributed by atoms with E-state index in [4.69, 9.17) is 21.1 Å². The van der Waals surface area contributed by atoms with Crippen LogP contribution in [0.1, 0.15) is 10.4 Å². The minimum absolute atomic E-state index is 0.0925. The summed E-state index contributed by atoms with van der Waals surface area (Å²) in [5, 5.41) is 3.82. The summed E-state index contributed by atoms with van der Waals surface area (Å²) < 4.78 is 24.2. The average Bonchev–Trinajstić information content (AvgIpc) is 2.63. The molecular formula is C19H16ClFN2O3. The number of halogens is 2. The lowest BCUT2D eigenvalue weighted by Gasteiger charge is -2.10. The third kappa shape index (κ3) is 4.09. The molecule has 2 aromatic carbocycles. The second kappa shape index (κ2) is 8.12. The molecule has 0 atom stereocenters. The molecule has 0 saturated carbocycles. The summed E-state index contributed by atoms with van der Waals surface area (Å²) in [5.74, 6) is -0.911. The number of amides is 1. The molecule has 0 radical (unpaired) electrons. The van der Waals surface area contributed by atoms with E-state index in [1.165, 1.54) is 25.3 Å². The van der Waals surface area contributed by atoms with E-state index in [2.05, 4.69) is 10.3 Å². The zero-order chi connectivity index (χ0) is 18.5. The lowest BCUT2D eigenvalue weighted by Crippen LogP contribution is -2.13. The number of aromatic nitrogens is 1. The van der Waals surface area contributed by atoms with Gasteiger partial charge in [-0.15, -0.1) is 0 Å². The third-order valence-corrected chi connectivity index (χ3v) is 3.87. The van der Waals surface area contributed by atoms with Gasteiger partial charge in [0.05, 0.1) is 17.7 Å². The topological polar surface area (TPSA) is 60.5 Å². The van der Waals surface area contributed by atoms with E-state index < -0.39 is 11.7 Å². The molecule has 1 heterocycles. The second-order valence-corrected chi connectivity index (χ2v) is 5.91. The normalized spacial score (nSPS) is 10.7. The van der Waals surface area contributed by atoms with Crippen molar-refractivity contribution in [3.63, 3.8) is 0 Å². The van der Waals surface area contributed by atoms with Crippen molar-refractivity contribution >= 4 is 34.1 Å². The van der Waals surface area contributed by atoms with Crippen molar-refractivity contribution in [1.29, 1.82) is 0 Å². The predicted octanol–water partition coefficient (Wildman–Crippen LogP) is 4.30. The maximum absolute atomic E-state index is 14.1. The first-order valence-electron chi connectivity index (χ1n) is 7.85. The number of nitrogens with zero attached hydrogens (tertiary/aromatic N) is 1. The van der Waals surface area contributed by atoms with E-state index >= 15 is 0 Å². The van der Waals surface area contributed by atoms with Gasteiger partial charge < -0.3 is 14.8 Å². The molecule has 0 saturated heterocycles. The number of carbonyl (C=O) groups excluding carboxylic acids is 1. The molecule has 0 aliphatic rings. The fourth-order valence-corrected chi connectivity index (χ4v) is 2.68. The molecule has 0 fully saturated rings. The van der Waals surface area contributed by atoms with Gasteiger partial charge in [-0.05, 0) is 30.3 Å². The Morgan fingerprint density at radius 3 is 2.85 bits per heavy atom. The molecule has 0 spiro atoms. The summed E-state index contributed by atoms with van der Waals surface area (Å²) >= 11 is 6.08. The van der Waals surface area contributed by atoms with E-state index in [1.54, 1.807) is 24.4 Å². The van der Waals surface area contributed by atoms with Gasteiger partial charge in [-0.2, -0.15) is 0 Å². The molecule has 1 N–H and O–H groups in total. The average molecular weight is 375 g/mol. The molecule has 0 aliphatic carbocycles. The van der Waals surface area contributed by atoms with Gasteiger partial charge in [0.15, 0.2) is 11.6 Å². The quantitative estimate of drug-likeness (QED) is 0.653. The molecule has 0 bridgehead atoms. The Balaban J connectivity index is 1.81. The summed E-state index contributed by atoms with van der Waals surface area (Å²) in [6.07, 6.45) is 1.60. The minimum Gasteiger partial charge on any atom is -0.488 e. The highest BCUT2D eigenvalue weighted by molar-refractivity contribution is 6.32. The van der Waals surface area contributed by atoms with E-state index in [0.29, 0.717) is 28.4 Å². The molecule has 7 heteroatoms. The molecule has 0 aliphatic heterocycles. The Bertz CT molecular complexity index is 949. The molecule has 0 unspecified atom stereocenters. The number of pyridine rings is 1. The fraction of sp³-hybridized carbons (Fsp3) is 0.158. The number of rotatable bonds is 6. The van der Waals surface area contributed by atoms with Crippen LogP contribution in [0.5, 0.6) is 5.75 Å². The van der Waals surface area contributed by atoms with Crippen LogP contribution in [0, 0.1) is 5.82 Å². The number of hydrogen-bond donors (Lipinski definition) is 1. The van der Waals surface area contributed by atoms with Gasteiger partial charge in [0.1, 0.15) is 6.61 Å². The zero-order valence-corrected chi connectivity index (χ0v) is 14.7. The van der Waals surface area contributed by atoms with Gasteiger partial charge in [-0.1, -0.05) is 17.7 Å². The number of nitrogens with one attached hydrogen (secondary N) is 1. The fourth-order valence-electron chi connectivity index (χ4n) is 2.46. The molecular weight excluding hydrogens is 359 g/mol. The van der Waals surface area contributed by atoms with Crippen LogP contribution in [0.25, 0.3) is 10.9 Å². The molecule has 134 valence electrons. The summed E-state index contributed by atoms with van der Waals surface area (Å²) in [7, 11) is 1.53. The first kappa shape index (κ1) is 18.1. The maximum Gasteiger partial charge on any atom is 0.257 e. The Hall–Kier alpha value is -2.70. The van der Waals surface area contributed by atoms with Gasteiger partial charge in [-0.3, -0.25) is 9.78 Å². The van der Waals surface area contributed by atoms with E-state index in [-0.39, 0.29) is 12.4 Å². The van der Waals surface area contributed by atoms with E-state index in [0.717, 1.165) is 5.39 Å². The van der Waals surface area contributed by atoms with Crippen LogP contribution in [0.2, 0.25) is 5.02 Å². The summed E-state index contributed by atoms with van der Waals surface area (Å²) in [6, 6.07) is 11.0. The molecule has 3 aromatic rings. The van der Waals surface area contributed by atoms with Crippen molar-refractivity contribution in [3.8, 4) is 5.75 Å². The zero-order valence-electron chi connectivity index (χ0n) is 14.0. The van der Waals surface area contributed by atoms with Crippen LogP contribution in [-0.2, 0) is 4.74 Å². The molecule has 26 heavy (non-hydrogen) atoms. The lowest BCUT2D eigenvalue weighted by atomic mass is 10.1. The minimum atomic E-state index is -0.576. The van der Waals surface area contributed by atoms with E-state index in [1.807, 2.05) is 6.07 Å². The number of methoxy groups -OCH3 is 1. The highest BCUT2D eigenvalue weighted by atomic mass is 35.5. The largest absolute Gasteiger partial charge is 0.488 e. The van der Waals surface area contributed by atoms with Gasteiger partial charge >= 0.3 is 0 Å². The summed E-state index contributed by atoms with van der Waals surface area (Å²) in [6.45, 7) is 0.589. The van der Waals surface area contributed by atoms with Crippen molar-refractivity contribution in [2.24, 2.45) is 0 Å². The number of carbonyl (C=O) groups is 1.